The van der Waals surface area contributed by atoms with Gasteiger partial charge in [-0.3, -0.25) is 0 Å². The van der Waals surface area contributed by atoms with E-state index in [-0.39, 0.29) is 0 Å². The van der Waals surface area contributed by atoms with E-state index in [1.807, 2.05) is 41.8 Å². The molecule has 0 radical (unpaired) electrons. The number of allylic oxidation sites excluding steroid dienone is 1. The predicted molar refractivity (Wildman–Crippen MR) is 106 cm³/mol. The van der Waals surface area contributed by atoms with E-state index in [0.29, 0.717) is 27.1 Å². The van der Waals surface area contributed by atoms with Crippen molar-refractivity contribution in [2.75, 3.05) is 14.2 Å². The minimum absolute atomic E-state index is 0.460. The van der Waals surface area contributed by atoms with Gasteiger partial charge in [0.05, 0.1) is 25.5 Å². The third-order valence-electron chi connectivity index (χ3n) is 3.73. The Morgan fingerprint density at radius 1 is 1.15 bits per heavy atom. The number of hydrogen-bond acceptors (Lipinski definition) is 5. The Kier molecular flexibility index (Phi) is 5.57. The molecule has 0 aliphatic carbocycles. The van der Waals surface area contributed by atoms with Crippen molar-refractivity contribution < 1.29 is 9.47 Å². The second-order valence-electron chi connectivity index (χ2n) is 5.32. The maximum Gasteiger partial charge on any atom is 0.134 e. The molecule has 3 rings (SSSR count). The fourth-order valence-electron chi connectivity index (χ4n) is 2.40. The third kappa shape index (κ3) is 3.88. The zero-order chi connectivity index (χ0) is 18.5. The van der Waals surface area contributed by atoms with Crippen LogP contribution in [0.5, 0.6) is 11.5 Å². The van der Waals surface area contributed by atoms with E-state index in [1.54, 1.807) is 26.4 Å². The van der Waals surface area contributed by atoms with Crippen molar-refractivity contribution in [1.29, 1.82) is 5.26 Å². The van der Waals surface area contributed by atoms with E-state index < -0.39 is 0 Å². The number of ether oxygens (including phenoxy) is 2. The van der Waals surface area contributed by atoms with Gasteiger partial charge in [0.1, 0.15) is 22.6 Å². The van der Waals surface area contributed by atoms with Gasteiger partial charge in [0.25, 0.3) is 0 Å². The van der Waals surface area contributed by atoms with Crippen LogP contribution < -0.4 is 9.47 Å². The average Bonchev–Trinajstić information content (AvgIpc) is 3.16. The lowest BCUT2D eigenvalue weighted by molar-refractivity contribution is 0.402. The zero-order valence-corrected chi connectivity index (χ0v) is 15.8. The van der Waals surface area contributed by atoms with Crippen molar-refractivity contribution >= 4 is 34.6 Å². The molecule has 0 aliphatic heterocycles. The van der Waals surface area contributed by atoms with Crippen LogP contribution >= 0.6 is 22.9 Å². The third-order valence-corrected chi connectivity index (χ3v) is 4.86. The van der Waals surface area contributed by atoms with Crippen LogP contribution in [0.1, 0.15) is 10.6 Å². The molecule has 0 spiro atoms. The van der Waals surface area contributed by atoms with Crippen molar-refractivity contribution in [3.8, 4) is 28.8 Å². The molecule has 1 heterocycles. The molecule has 0 saturated heterocycles. The van der Waals surface area contributed by atoms with E-state index >= 15 is 0 Å². The summed E-state index contributed by atoms with van der Waals surface area (Å²) in [6, 6.07) is 15.1. The lowest BCUT2D eigenvalue weighted by atomic mass is 10.1. The number of rotatable bonds is 5. The van der Waals surface area contributed by atoms with Crippen molar-refractivity contribution in [3.63, 3.8) is 0 Å². The predicted octanol–water partition coefficient (Wildman–Crippen LogP) is 5.54. The molecule has 0 aliphatic rings. The molecule has 0 fully saturated rings. The smallest absolute Gasteiger partial charge is 0.134 e. The SMILES string of the molecule is COc1ccc(OC)c(C=C(C#N)c2nc(-c3ccc(Cl)cc3)cs2)c1. The van der Waals surface area contributed by atoms with Crippen LogP contribution in [-0.4, -0.2) is 19.2 Å². The van der Waals surface area contributed by atoms with Gasteiger partial charge in [-0.15, -0.1) is 11.3 Å². The van der Waals surface area contributed by atoms with Gasteiger partial charge in [-0.1, -0.05) is 23.7 Å². The second-order valence-corrected chi connectivity index (χ2v) is 6.62. The number of methoxy groups -OCH3 is 2. The summed E-state index contributed by atoms with van der Waals surface area (Å²) in [7, 11) is 3.19. The lowest BCUT2D eigenvalue weighted by Crippen LogP contribution is -1.90. The van der Waals surface area contributed by atoms with Gasteiger partial charge < -0.3 is 9.47 Å². The Balaban J connectivity index is 1.99. The van der Waals surface area contributed by atoms with Gasteiger partial charge in [-0.2, -0.15) is 5.26 Å². The topological polar surface area (TPSA) is 55.1 Å². The van der Waals surface area contributed by atoms with Crippen molar-refractivity contribution in [2.45, 2.75) is 0 Å². The van der Waals surface area contributed by atoms with Gasteiger partial charge in [-0.05, 0) is 36.4 Å². The number of benzene rings is 2. The van der Waals surface area contributed by atoms with Gasteiger partial charge in [0, 0.05) is 21.5 Å². The molecule has 130 valence electrons. The van der Waals surface area contributed by atoms with Gasteiger partial charge in [-0.25, -0.2) is 4.98 Å². The van der Waals surface area contributed by atoms with Crippen LogP contribution in [0.25, 0.3) is 22.9 Å². The van der Waals surface area contributed by atoms with Gasteiger partial charge in [0.2, 0.25) is 0 Å². The first-order valence-corrected chi connectivity index (χ1v) is 8.96. The highest BCUT2D eigenvalue weighted by molar-refractivity contribution is 7.11. The van der Waals surface area contributed by atoms with E-state index in [0.717, 1.165) is 16.8 Å². The minimum atomic E-state index is 0.460. The molecule has 0 bridgehead atoms. The number of hydrogen-bond donors (Lipinski definition) is 0. The van der Waals surface area contributed by atoms with Crippen molar-refractivity contribution in [2.24, 2.45) is 0 Å². The standard InChI is InChI=1S/C20H15ClN2O2S/c1-24-17-7-8-19(25-2)14(10-17)9-15(11-22)20-23-18(12-26-20)13-3-5-16(21)6-4-13/h3-10,12H,1-2H3. The maximum absolute atomic E-state index is 9.61. The largest absolute Gasteiger partial charge is 0.497 e. The summed E-state index contributed by atoms with van der Waals surface area (Å²) < 4.78 is 10.6. The van der Waals surface area contributed by atoms with Crippen LogP contribution in [0.2, 0.25) is 5.02 Å². The summed E-state index contributed by atoms with van der Waals surface area (Å²) in [6.07, 6.45) is 1.76. The molecule has 2 aromatic carbocycles. The molecule has 0 atom stereocenters. The monoisotopic (exact) mass is 382 g/mol. The second kappa shape index (κ2) is 8.05. The van der Waals surface area contributed by atoms with Gasteiger partial charge >= 0.3 is 0 Å². The molecule has 0 amide bonds. The van der Waals surface area contributed by atoms with Crippen molar-refractivity contribution in [3.05, 3.63) is 63.4 Å². The molecule has 0 N–H and O–H groups in total. The Hall–Kier alpha value is -2.81. The Bertz CT molecular complexity index is 988. The van der Waals surface area contributed by atoms with Crippen LogP contribution in [0.15, 0.2) is 47.8 Å². The zero-order valence-electron chi connectivity index (χ0n) is 14.2. The fourth-order valence-corrected chi connectivity index (χ4v) is 3.32. The van der Waals surface area contributed by atoms with Crippen LogP contribution in [0.3, 0.4) is 0 Å². The molecule has 3 aromatic rings. The maximum atomic E-state index is 9.61. The Labute approximate surface area is 160 Å². The van der Waals surface area contributed by atoms with E-state index in [1.165, 1.54) is 11.3 Å². The highest BCUT2D eigenvalue weighted by Crippen LogP contribution is 2.31. The Morgan fingerprint density at radius 3 is 2.58 bits per heavy atom. The summed E-state index contributed by atoms with van der Waals surface area (Å²) in [5, 5.41) is 12.8. The van der Waals surface area contributed by atoms with Gasteiger partial charge in [0.15, 0.2) is 0 Å². The molecule has 1 aromatic heterocycles. The molecular formula is C20H15ClN2O2S. The van der Waals surface area contributed by atoms with E-state index in [4.69, 9.17) is 21.1 Å². The number of halogens is 1. The summed E-state index contributed by atoms with van der Waals surface area (Å²) in [5.41, 5.74) is 2.97. The average molecular weight is 383 g/mol. The van der Waals surface area contributed by atoms with Crippen molar-refractivity contribution in [1.82, 2.24) is 4.98 Å². The first-order chi connectivity index (χ1) is 12.6. The minimum Gasteiger partial charge on any atom is -0.497 e. The number of nitrogens with zero attached hydrogens (tertiary/aromatic N) is 2. The molecular weight excluding hydrogens is 368 g/mol. The summed E-state index contributed by atoms with van der Waals surface area (Å²) in [4.78, 5) is 4.59. The first-order valence-electron chi connectivity index (χ1n) is 7.70. The van der Waals surface area contributed by atoms with E-state index in [2.05, 4.69) is 11.1 Å². The van der Waals surface area contributed by atoms with E-state index in [9.17, 15) is 5.26 Å². The quantitative estimate of drug-likeness (QED) is 0.543. The molecule has 4 nitrogen and oxygen atoms in total. The highest BCUT2D eigenvalue weighted by Gasteiger charge is 2.11. The number of thiazole rings is 1. The molecule has 0 unspecified atom stereocenters. The first kappa shape index (κ1) is 18.0. The van der Waals surface area contributed by atoms with Crippen LogP contribution in [0.4, 0.5) is 0 Å². The summed E-state index contributed by atoms with van der Waals surface area (Å²) in [5.74, 6) is 1.35. The molecule has 6 heteroatoms. The summed E-state index contributed by atoms with van der Waals surface area (Å²) in [6.45, 7) is 0. The fraction of sp³-hybridized carbons (Fsp3) is 0.100. The molecule has 0 saturated carbocycles. The normalized spacial score (nSPS) is 11.1. The molecule has 26 heavy (non-hydrogen) atoms. The lowest BCUT2D eigenvalue weighted by Gasteiger charge is -2.07. The highest BCUT2D eigenvalue weighted by atomic mass is 35.5. The summed E-state index contributed by atoms with van der Waals surface area (Å²) >= 11 is 7.35. The van der Waals surface area contributed by atoms with Crippen LogP contribution in [-0.2, 0) is 0 Å². The Morgan fingerprint density at radius 2 is 1.92 bits per heavy atom. The number of aromatic nitrogens is 1. The number of nitriles is 1. The van der Waals surface area contributed by atoms with Crippen LogP contribution in [0, 0.1) is 11.3 Å².